The van der Waals surface area contributed by atoms with E-state index in [4.69, 9.17) is 0 Å². The van der Waals surface area contributed by atoms with Gasteiger partial charge in [-0.05, 0) is 36.4 Å². The van der Waals surface area contributed by atoms with Crippen LogP contribution in [0.25, 0.3) is 60.7 Å². The number of hydrogen-bond donors (Lipinski definition) is 0. The fourth-order valence-electron chi connectivity index (χ4n) is 5.35. The number of nitrogens with zero attached hydrogens (tertiary/aromatic N) is 8. The van der Waals surface area contributed by atoms with Crippen LogP contribution in [0.5, 0.6) is 0 Å². The van der Waals surface area contributed by atoms with Crippen LogP contribution in [0.15, 0.2) is 117 Å². The molecule has 0 radical (unpaired) electrons. The molecule has 7 heterocycles. The maximum absolute atomic E-state index is 4.39. The van der Waals surface area contributed by atoms with Crippen molar-refractivity contribution in [3.05, 3.63) is 117 Å². The summed E-state index contributed by atoms with van der Waals surface area (Å²) < 4.78 is 6.45. The third kappa shape index (κ3) is 2.95. The molecule has 0 spiro atoms. The first-order valence-corrected chi connectivity index (χ1v) is 12.1. The van der Waals surface area contributed by atoms with Gasteiger partial charge in [-0.15, -0.1) is 0 Å². The van der Waals surface area contributed by atoms with Crippen LogP contribution in [0.3, 0.4) is 0 Å². The van der Waals surface area contributed by atoms with Gasteiger partial charge in [0.15, 0.2) is 0 Å². The van der Waals surface area contributed by atoms with E-state index in [-0.39, 0.29) is 0 Å². The number of imidazole rings is 1. The number of fused-ring (bicyclic) bond motifs is 6. The standard InChI is InChI=1S/C30H18N8/c1-2-21(37-27-3-7-31-15-23(27)24-16-32-8-4-28(24)37)14-22(13-20(1)36-12-11-35-19-36)38-29-5-9-33-17-25(29)26-18-34-10-6-30(26)38/h2-19H. The van der Waals surface area contributed by atoms with Crippen LogP contribution in [-0.2, 0) is 0 Å². The normalized spacial score (nSPS) is 13.7. The minimum absolute atomic E-state index is 0.867. The van der Waals surface area contributed by atoms with Crippen molar-refractivity contribution in [1.82, 2.24) is 38.6 Å². The summed E-state index contributed by atoms with van der Waals surface area (Å²) in [6.07, 6.45) is 26.7. The molecule has 7 aromatic rings. The Morgan fingerprint density at radius 1 is 0.526 bits per heavy atom. The monoisotopic (exact) mass is 490 g/mol. The van der Waals surface area contributed by atoms with Crippen LogP contribution < -0.4 is 0 Å². The highest BCUT2D eigenvalue weighted by molar-refractivity contribution is 6.12. The molecule has 0 fully saturated rings. The Labute approximate surface area is 215 Å². The van der Waals surface area contributed by atoms with Crippen molar-refractivity contribution in [1.29, 1.82) is 0 Å². The van der Waals surface area contributed by atoms with Crippen molar-refractivity contribution in [2.75, 3.05) is 0 Å². The molecule has 38 heavy (non-hydrogen) atoms. The van der Waals surface area contributed by atoms with Crippen LogP contribution in [-0.4, -0.2) is 38.6 Å². The summed E-state index contributed by atoms with van der Waals surface area (Å²) in [6.45, 7) is 0. The van der Waals surface area contributed by atoms with Gasteiger partial charge in [-0.2, -0.15) is 0 Å². The molecule has 7 aromatic heterocycles. The average molecular weight is 491 g/mol. The molecule has 0 unspecified atom stereocenters. The summed E-state index contributed by atoms with van der Waals surface area (Å²) in [6, 6.07) is 8.16. The van der Waals surface area contributed by atoms with Gasteiger partial charge in [0.1, 0.15) is 0 Å². The lowest BCUT2D eigenvalue weighted by atomic mass is 10.2. The topological polar surface area (TPSA) is 79.2 Å². The van der Waals surface area contributed by atoms with E-state index in [9.17, 15) is 0 Å². The number of hydrogen-bond acceptors (Lipinski definition) is 5. The quantitative estimate of drug-likeness (QED) is 0.294. The lowest BCUT2D eigenvalue weighted by molar-refractivity contribution is 1.10. The molecule has 0 N–H and O–H groups in total. The Morgan fingerprint density at radius 3 is 1.50 bits per heavy atom. The summed E-state index contributed by atoms with van der Waals surface area (Å²) in [5.41, 5.74) is 10.5. The zero-order valence-corrected chi connectivity index (χ0v) is 20.0. The molecule has 178 valence electrons. The molecule has 8 rings (SSSR count). The van der Waals surface area contributed by atoms with Crippen molar-refractivity contribution in [2.24, 2.45) is 0 Å². The van der Waals surface area contributed by atoms with Crippen molar-refractivity contribution < 1.29 is 0 Å². The van der Waals surface area contributed by atoms with Gasteiger partial charge in [0.05, 0.1) is 45.5 Å². The molecule has 8 heteroatoms. The van der Waals surface area contributed by atoms with E-state index in [1.54, 1.807) is 12.5 Å². The third-order valence-corrected chi connectivity index (χ3v) is 6.98. The van der Waals surface area contributed by atoms with Crippen molar-refractivity contribution in [3.8, 4) is 0 Å². The van der Waals surface area contributed by atoms with Crippen LogP contribution in [0.1, 0.15) is 0 Å². The van der Waals surface area contributed by atoms with Crippen LogP contribution in [0.2, 0.25) is 0 Å². The molecular formula is C30H18N8. The van der Waals surface area contributed by atoms with Gasteiger partial charge in [-0.3, -0.25) is 24.5 Å². The number of rotatable bonds is 3. The summed E-state index contributed by atoms with van der Waals surface area (Å²) in [5.74, 6) is 0. The molecule has 0 amide bonds. The molecule has 1 aliphatic rings. The van der Waals surface area contributed by atoms with E-state index in [0.717, 1.165) is 60.7 Å². The lowest BCUT2D eigenvalue weighted by Crippen LogP contribution is -2.00. The highest BCUT2D eigenvalue weighted by Crippen LogP contribution is 2.36. The zero-order chi connectivity index (χ0) is 25.1. The smallest absolute Gasteiger partial charge is 0.0996 e. The van der Waals surface area contributed by atoms with Crippen LogP contribution >= 0.6 is 0 Å². The van der Waals surface area contributed by atoms with E-state index in [1.807, 2.05) is 90.7 Å². The molecule has 0 saturated heterocycles. The Morgan fingerprint density at radius 2 is 1.03 bits per heavy atom. The summed E-state index contributed by atoms with van der Waals surface area (Å²) in [5, 5.41) is 4.19. The maximum atomic E-state index is 4.39. The summed E-state index contributed by atoms with van der Waals surface area (Å²) >= 11 is 0. The lowest BCUT2D eigenvalue weighted by Gasteiger charge is -2.12. The molecular weight excluding hydrogens is 472 g/mol. The summed E-state index contributed by atoms with van der Waals surface area (Å²) in [7, 11) is 0. The molecule has 0 saturated carbocycles. The predicted molar refractivity (Wildman–Crippen MR) is 149 cm³/mol. The van der Waals surface area contributed by atoms with Gasteiger partial charge in [0, 0.05) is 89.6 Å². The van der Waals surface area contributed by atoms with Gasteiger partial charge in [-0.25, -0.2) is 4.98 Å². The van der Waals surface area contributed by atoms with Crippen molar-refractivity contribution in [2.45, 2.75) is 0 Å². The minimum atomic E-state index is 0.867. The van der Waals surface area contributed by atoms with E-state index in [2.05, 4.69) is 51.9 Å². The van der Waals surface area contributed by atoms with E-state index >= 15 is 0 Å². The summed E-state index contributed by atoms with van der Waals surface area (Å²) in [4.78, 5) is 21.8. The minimum Gasteiger partial charge on any atom is -0.309 e. The van der Waals surface area contributed by atoms with Gasteiger partial charge < -0.3 is 9.13 Å². The largest absolute Gasteiger partial charge is 0.309 e. The molecule has 0 atom stereocenters. The van der Waals surface area contributed by atoms with Gasteiger partial charge >= 0.3 is 0 Å². The molecule has 8 nitrogen and oxygen atoms in total. The van der Waals surface area contributed by atoms with Crippen LogP contribution in [0, 0.1) is 0 Å². The molecule has 0 aromatic carbocycles. The van der Waals surface area contributed by atoms with Crippen molar-refractivity contribution >= 4 is 60.7 Å². The maximum Gasteiger partial charge on any atom is 0.0996 e. The Hall–Kier alpha value is -5.59. The van der Waals surface area contributed by atoms with Crippen LogP contribution in [0.4, 0.5) is 0 Å². The van der Waals surface area contributed by atoms with E-state index < -0.39 is 0 Å². The second-order valence-electron chi connectivity index (χ2n) is 9.02. The predicted octanol–water partition coefficient (Wildman–Crippen LogP) is 5.77. The Kier molecular flexibility index (Phi) is 4.31. The molecule has 0 aliphatic heterocycles. The fraction of sp³-hybridized carbons (Fsp3) is 0. The van der Waals surface area contributed by atoms with Gasteiger partial charge in [0.2, 0.25) is 0 Å². The number of aromatic nitrogens is 8. The van der Waals surface area contributed by atoms with Gasteiger partial charge in [0.25, 0.3) is 0 Å². The third-order valence-electron chi connectivity index (χ3n) is 6.98. The SMILES string of the molecule is C1=CC(n2c3ccncc3c3cnccc32)=CC(n2c3ccncc3c3cnccc32)=CC=1n1ccnc1. The second-order valence-corrected chi connectivity index (χ2v) is 9.02. The number of allylic oxidation sites excluding steroid dienone is 5. The molecule has 1 aliphatic carbocycles. The first-order valence-electron chi connectivity index (χ1n) is 12.1. The highest BCUT2D eigenvalue weighted by Gasteiger charge is 2.18. The van der Waals surface area contributed by atoms with E-state index in [0.29, 0.717) is 0 Å². The first kappa shape index (κ1) is 20.6. The zero-order valence-electron chi connectivity index (χ0n) is 20.0. The Balaban J connectivity index is 1.48. The highest BCUT2D eigenvalue weighted by atomic mass is 15.1. The average Bonchev–Trinajstić information content (AvgIpc) is 3.66. The second kappa shape index (κ2) is 7.96. The first-order chi connectivity index (χ1) is 18.9. The fourth-order valence-corrected chi connectivity index (χ4v) is 5.35. The Bertz CT molecular complexity index is 2060. The van der Waals surface area contributed by atoms with E-state index in [1.165, 1.54) is 0 Å². The van der Waals surface area contributed by atoms with Crippen molar-refractivity contribution in [3.63, 3.8) is 0 Å². The number of pyridine rings is 4. The van der Waals surface area contributed by atoms with Gasteiger partial charge in [-0.1, -0.05) is 5.73 Å². The molecule has 0 bridgehead atoms.